The molecule has 2 aromatic carbocycles. The van der Waals surface area contributed by atoms with Gasteiger partial charge in [0, 0.05) is 16.3 Å². The van der Waals surface area contributed by atoms with E-state index in [1.54, 1.807) is 11.3 Å². The van der Waals surface area contributed by atoms with E-state index in [9.17, 15) is 9.90 Å². The highest BCUT2D eigenvalue weighted by Gasteiger charge is 2.36. The lowest BCUT2D eigenvalue weighted by molar-refractivity contribution is -0.145. The minimum atomic E-state index is -0.729. The minimum absolute atomic E-state index is 0.111. The number of rotatable bonds is 4. The summed E-state index contributed by atoms with van der Waals surface area (Å²) in [5.41, 5.74) is 3.26. The van der Waals surface area contributed by atoms with E-state index in [-0.39, 0.29) is 6.04 Å². The fourth-order valence-corrected chi connectivity index (χ4v) is 5.60. The van der Waals surface area contributed by atoms with Gasteiger partial charge < -0.3 is 5.11 Å². The second-order valence-corrected chi connectivity index (χ2v) is 8.51. The highest BCUT2D eigenvalue weighted by molar-refractivity contribution is 7.17. The average Bonchev–Trinajstić information content (AvgIpc) is 3.18. The first-order valence-corrected chi connectivity index (χ1v) is 10.9. The second kappa shape index (κ2) is 7.58. The number of hydrogen-bond acceptors (Lipinski definition) is 4. The molecule has 3 heterocycles. The SMILES string of the molecule is O=C(O)C1CCCCN1C(c1ccnc2ccccc12)c1csc2ccccc12. The number of piperidine rings is 1. The molecule has 29 heavy (non-hydrogen) atoms. The monoisotopic (exact) mass is 402 g/mol. The molecule has 0 aliphatic carbocycles. The van der Waals surface area contributed by atoms with Gasteiger partial charge in [-0.25, -0.2) is 0 Å². The summed E-state index contributed by atoms with van der Waals surface area (Å²) in [6.07, 6.45) is 4.52. The van der Waals surface area contributed by atoms with Gasteiger partial charge in [0.1, 0.15) is 6.04 Å². The number of fused-ring (bicyclic) bond motifs is 2. The molecule has 146 valence electrons. The molecule has 1 N–H and O–H groups in total. The Morgan fingerprint density at radius 3 is 2.69 bits per heavy atom. The number of para-hydroxylation sites is 1. The van der Waals surface area contributed by atoms with Gasteiger partial charge in [0.05, 0.1) is 11.6 Å². The number of likely N-dealkylation sites (tertiary alicyclic amines) is 1. The van der Waals surface area contributed by atoms with Crippen molar-refractivity contribution in [3.8, 4) is 0 Å². The van der Waals surface area contributed by atoms with Crippen molar-refractivity contribution in [2.45, 2.75) is 31.3 Å². The summed E-state index contributed by atoms with van der Waals surface area (Å²) in [7, 11) is 0. The van der Waals surface area contributed by atoms with Crippen LogP contribution in [-0.2, 0) is 4.79 Å². The summed E-state index contributed by atoms with van der Waals surface area (Å²) in [6.45, 7) is 0.780. The van der Waals surface area contributed by atoms with Crippen LogP contribution in [0, 0.1) is 0 Å². The third-order valence-corrected chi connectivity index (χ3v) is 6.93. The van der Waals surface area contributed by atoms with Gasteiger partial charge in [0.25, 0.3) is 0 Å². The molecule has 0 radical (unpaired) electrons. The number of carboxylic acid groups (broad SMARTS) is 1. The summed E-state index contributed by atoms with van der Waals surface area (Å²) in [5, 5.41) is 14.5. The lowest BCUT2D eigenvalue weighted by Crippen LogP contribution is -2.46. The standard InChI is InChI=1S/C24H22N2O2S/c27-24(28)21-10-5-6-14-26(21)23(19-15-29-22-11-4-2-8-17(19)22)18-12-13-25-20-9-3-1-7-16(18)20/h1-4,7-9,11-13,15,21,23H,5-6,10,14H2,(H,27,28). The molecule has 2 atom stereocenters. The molecule has 4 nitrogen and oxygen atoms in total. The van der Waals surface area contributed by atoms with Crippen LogP contribution in [0.2, 0.25) is 0 Å². The van der Waals surface area contributed by atoms with Crippen LogP contribution in [0.1, 0.15) is 36.4 Å². The molecule has 1 aliphatic rings. The molecule has 5 heteroatoms. The summed E-state index contributed by atoms with van der Waals surface area (Å²) in [4.78, 5) is 18.9. The first kappa shape index (κ1) is 18.3. The lowest BCUT2D eigenvalue weighted by atomic mass is 9.90. The maximum absolute atomic E-state index is 12.1. The quantitative estimate of drug-likeness (QED) is 0.491. The van der Waals surface area contributed by atoms with E-state index in [0.29, 0.717) is 6.42 Å². The predicted molar refractivity (Wildman–Crippen MR) is 117 cm³/mol. The average molecular weight is 403 g/mol. The zero-order chi connectivity index (χ0) is 19.8. The zero-order valence-corrected chi connectivity index (χ0v) is 16.8. The van der Waals surface area contributed by atoms with Crippen molar-refractivity contribution in [3.05, 3.63) is 77.3 Å². The van der Waals surface area contributed by atoms with Gasteiger partial charge in [-0.2, -0.15) is 0 Å². The third kappa shape index (κ3) is 3.20. The molecule has 0 spiro atoms. The Hall–Kier alpha value is -2.76. The fourth-order valence-electron chi connectivity index (χ4n) is 4.62. The van der Waals surface area contributed by atoms with Crippen molar-refractivity contribution in [2.24, 2.45) is 0 Å². The number of aromatic nitrogens is 1. The number of hydrogen-bond donors (Lipinski definition) is 1. The molecule has 2 aromatic heterocycles. The molecule has 5 rings (SSSR count). The zero-order valence-electron chi connectivity index (χ0n) is 16.0. The molecular formula is C24H22N2O2S. The van der Waals surface area contributed by atoms with Gasteiger partial charge in [0.2, 0.25) is 0 Å². The van der Waals surface area contributed by atoms with Crippen molar-refractivity contribution in [1.29, 1.82) is 0 Å². The number of benzene rings is 2. The number of aliphatic carboxylic acids is 1. The van der Waals surface area contributed by atoms with Gasteiger partial charge in [-0.1, -0.05) is 42.8 Å². The summed E-state index contributed by atoms with van der Waals surface area (Å²) < 4.78 is 1.23. The smallest absolute Gasteiger partial charge is 0.320 e. The minimum Gasteiger partial charge on any atom is -0.480 e. The van der Waals surface area contributed by atoms with Crippen molar-refractivity contribution in [2.75, 3.05) is 6.54 Å². The number of thiophene rings is 1. The Kier molecular flexibility index (Phi) is 4.78. The number of carbonyl (C=O) groups is 1. The molecule has 1 aliphatic heterocycles. The number of pyridine rings is 1. The van der Waals surface area contributed by atoms with Gasteiger partial charge in [0.15, 0.2) is 0 Å². The molecule has 0 saturated carbocycles. The van der Waals surface area contributed by atoms with E-state index in [2.05, 4.69) is 51.7 Å². The predicted octanol–water partition coefficient (Wildman–Crippen LogP) is 5.48. The van der Waals surface area contributed by atoms with Crippen LogP contribution in [0.25, 0.3) is 21.0 Å². The van der Waals surface area contributed by atoms with Gasteiger partial charge in [-0.15, -0.1) is 11.3 Å². The maximum Gasteiger partial charge on any atom is 0.320 e. The van der Waals surface area contributed by atoms with Crippen molar-refractivity contribution >= 4 is 38.3 Å². The van der Waals surface area contributed by atoms with E-state index < -0.39 is 12.0 Å². The molecule has 0 amide bonds. The van der Waals surface area contributed by atoms with E-state index in [4.69, 9.17) is 0 Å². The lowest BCUT2D eigenvalue weighted by Gasteiger charge is -2.39. The van der Waals surface area contributed by atoms with E-state index >= 15 is 0 Å². The summed E-state index contributed by atoms with van der Waals surface area (Å²) >= 11 is 1.73. The largest absolute Gasteiger partial charge is 0.480 e. The highest BCUT2D eigenvalue weighted by Crippen LogP contribution is 2.41. The molecule has 1 fully saturated rings. The topological polar surface area (TPSA) is 53.4 Å². The summed E-state index contributed by atoms with van der Waals surface area (Å²) in [6, 6.07) is 18.0. The second-order valence-electron chi connectivity index (χ2n) is 7.59. The highest BCUT2D eigenvalue weighted by atomic mass is 32.1. The Morgan fingerprint density at radius 1 is 1.03 bits per heavy atom. The maximum atomic E-state index is 12.1. The van der Waals surface area contributed by atoms with Crippen molar-refractivity contribution in [1.82, 2.24) is 9.88 Å². The Morgan fingerprint density at radius 2 is 1.83 bits per heavy atom. The van der Waals surface area contributed by atoms with Crippen LogP contribution >= 0.6 is 11.3 Å². The Bertz CT molecular complexity index is 1180. The molecular weight excluding hydrogens is 380 g/mol. The van der Waals surface area contributed by atoms with Crippen molar-refractivity contribution in [3.63, 3.8) is 0 Å². The van der Waals surface area contributed by atoms with Crippen LogP contribution in [0.5, 0.6) is 0 Å². The van der Waals surface area contributed by atoms with Crippen LogP contribution < -0.4 is 0 Å². The van der Waals surface area contributed by atoms with Crippen LogP contribution in [0.15, 0.2) is 66.2 Å². The number of carboxylic acids is 1. The normalized spacial score (nSPS) is 18.8. The van der Waals surface area contributed by atoms with Crippen LogP contribution in [0.3, 0.4) is 0 Å². The van der Waals surface area contributed by atoms with Gasteiger partial charge in [-0.05, 0) is 59.5 Å². The van der Waals surface area contributed by atoms with Crippen LogP contribution in [-0.4, -0.2) is 33.5 Å². The number of nitrogens with zero attached hydrogens (tertiary/aromatic N) is 2. The van der Waals surface area contributed by atoms with E-state index in [0.717, 1.165) is 35.9 Å². The molecule has 0 bridgehead atoms. The fraction of sp³-hybridized carbons (Fsp3) is 0.250. The van der Waals surface area contributed by atoms with E-state index in [1.165, 1.54) is 15.6 Å². The first-order valence-electron chi connectivity index (χ1n) is 10.0. The third-order valence-electron chi connectivity index (χ3n) is 5.94. The molecule has 4 aromatic rings. The van der Waals surface area contributed by atoms with Gasteiger partial charge >= 0.3 is 5.97 Å². The van der Waals surface area contributed by atoms with Crippen LogP contribution in [0.4, 0.5) is 0 Å². The van der Waals surface area contributed by atoms with Crippen molar-refractivity contribution < 1.29 is 9.90 Å². The molecule has 2 unspecified atom stereocenters. The summed E-state index contributed by atoms with van der Waals surface area (Å²) in [5.74, 6) is -0.729. The first-order chi connectivity index (χ1) is 14.2. The Balaban J connectivity index is 1.76. The Labute approximate surface area is 173 Å². The molecule has 1 saturated heterocycles. The van der Waals surface area contributed by atoms with E-state index in [1.807, 2.05) is 24.4 Å². The van der Waals surface area contributed by atoms with Gasteiger partial charge in [-0.3, -0.25) is 14.7 Å².